The molecule has 0 saturated carbocycles. The predicted molar refractivity (Wildman–Crippen MR) is 516 cm³/mol. The molecule has 8 aromatic carbocycles. The first-order chi connectivity index (χ1) is 60.1. The minimum atomic E-state index is -1.13. The second-order valence-electron chi connectivity index (χ2n) is 39.1. The molecule has 3 unspecified atom stereocenters. The van der Waals surface area contributed by atoms with Gasteiger partial charge in [0.2, 0.25) is 0 Å². The summed E-state index contributed by atoms with van der Waals surface area (Å²) < 4.78 is 28.4. The molecule has 0 radical (unpaired) electrons. The van der Waals surface area contributed by atoms with E-state index in [1.165, 1.54) is 23.8 Å². The number of Topliss-reactive ketones (excluding diaryl/α,β-unsaturated/α-hetero) is 1. The van der Waals surface area contributed by atoms with Crippen LogP contribution in [0.15, 0.2) is 158 Å². The lowest BCUT2D eigenvalue weighted by atomic mass is 9.70. The van der Waals surface area contributed by atoms with Crippen LogP contribution in [-0.2, 0) is 40.8 Å². The van der Waals surface area contributed by atoms with Crippen LogP contribution < -0.4 is 29.6 Å². The maximum atomic E-state index is 13.0. The Bertz CT molecular complexity index is 5090. The molecule has 0 heterocycles. The first-order valence-corrected chi connectivity index (χ1v) is 45.4. The fourth-order valence-corrected chi connectivity index (χ4v) is 16.2. The monoisotopic (exact) mass is 1780 g/mol. The number of aliphatic hydroxyl groups is 3. The van der Waals surface area contributed by atoms with Gasteiger partial charge in [-0.15, -0.1) is 0 Å². The van der Waals surface area contributed by atoms with Gasteiger partial charge in [0.15, 0.2) is 5.78 Å². The number of benzene rings is 8. The third kappa shape index (κ3) is 27.7. The first-order valence-electron chi connectivity index (χ1n) is 45.4. The molecule has 20 nitrogen and oxygen atoms in total. The molecule has 0 aliphatic carbocycles. The van der Waals surface area contributed by atoms with E-state index in [-0.39, 0.29) is 81.9 Å². The number of ether oxygens (including phenoxy) is 5. The number of nitrogens with one attached hydrogen (secondary N) is 2. The van der Waals surface area contributed by atoms with Gasteiger partial charge in [-0.1, -0.05) is 236 Å². The van der Waals surface area contributed by atoms with Crippen molar-refractivity contribution in [2.24, 2.45) is 21.7 Å². The Balaban J connectivity index is 0.000000306. The summed E-state index contributed by atoms with van der Waals surface area (Å²) in [5.41, 5.74) is 13.3. The lowest BCUT2D eigenvalue weighted by molar-refractivity contribution is -0.146. The van der Waals surface area contributed by atoms with Gasteiger partial charge in [0, 0.05) is 38.2 Å². The van der Waals surface area contributed by atoms with E-state index in [0.29, 0.717) is 28.0 Å². The van der Waals surface area contributed by atoms with Gasteiger partial charge in [0.1, 0.15) is 61.5 Å². The number of hydrogen-bond donors (Lipinski definition) is 8. The normalized spacial score (nSPS) is 12.8. The molecule has 129 heavy (non-hydrogen) atoms. The average molecular weight is 1780 g/mol. The Morgan fingerprint density at radius 2 is 0.581 bits per heavy atom. The molecule has 0 spiro atoms. The van der Waals surface area contributed by atoms with Crippen LogP contribution in [0.2, 0.25) is 0 Å². The summed E-state index contributed by atoms with van der Waals surface area (Å²) >= 11 is 0. The van der Waals surface area contributed by atoms with Crippen molar-refractivity contribution in [2.45, 2.75) is 291 Å². The van der Waals surface area contributed by atoms with Crippen molar-refractivity contribution in [1.29, 1.82) is 0 Å². The molecular weight excluding hydrogens is 1630 g/mol. The molecule has 704 valence electrons. The minimum absolute atomic E-state index is 0.0625. The Morgan fingerprint density at radius 1 is 0.333 bits per heavy atom. The van der Waals surface area contributed by atoms with Crippen molar-refractivity contribution in [3.63, 3.8) is 0 Å². The summed E-state index contributed by atoms with van der Waals surface area (Å²) in [6, 6.07) is 50.9. The number of rotatable bonds is 36. The summed E-state index contributed by atoms with van der Waals surface area (Å²) in [6.07, 6.45) is 5.41. The highest BCUT2D eigenvalue weighted by atomic mass is 16.5. The number of methoxy groups -OCH3 is 1. The largest absolute Gasteiger partial charge is 0.491 e. The number of ketones is 1. The Labute approximate surface area is 769 Å². The number of carboxylic acid groups (broad SMARTS) is 3. The van der Waals surface area contributed by atoms with Crippen LogP contribution in [0.1, 0.15) is 323 Å². The standard InChI is InChI=1S/C31H45NO5.C28H39NO5.C25H34O4.C25H32O4/c1-11-31(12-2,23-14-16-25(21(4)18-23)37-19-26(33)29(5,6)7)22-13-15-24(20(3)17-22)27(34)32-30(8,9)28(35)36-10;1-8-28(9-2,20-10-12-22(18(3)14-20)26(33)29-16-25(31)32)21-11-13-23(19(4)15-21)34-17-24(30)27(5,6)7;2*1-7-25(8-2,19-11-9-18(10-12-19)23(27)28)20-13-14-21(17(3)15-20)29-16-22(26)24(4,5)6/h13-18,26,33H,11-12,19H2,1-10H3,(H,32,34);10-15,24,30H,8-9,16-17H2,1-7H3,(H,29,33)(H,31,32);9-15,22,26H,7-8,16H2,1-6H3,(H,27,28);9-15H,7-8,16H2,1-6H3,(H,27,28). The van der Waals surface area contributed by atoms with Gasteiger partial charge in [-0.2, -0.15) is 0 Å². The molecule has 20 heteroatoms. The number of carbonyl (C=O) groups is 7. The molecule has 8 aromatic rings. The lowest BCUT2D eigenvalue weighted by Gasteiger charge is -2.34. The summed E-state index contributed by atoms with van der Waals surface area (Å²) in [6.45, 7) is 56.3. The maximum absolute atomic E-state index is 13.0. The molecule has 2 amide bonds. The minimum Gasteiger partial charge on any atom is -0.491 e. The van der Waals surface area contributed by atoms with E-state index in [9.17, 15) is 59.1 Å². The number of amides is 2. The van der Waals surface area contributed by atoms with Crippen LogP contribution in [-0.4, -0.2) is 136 Å². The van der Waals surface area contributed by atoms with Crippen LogP contribution in [0.25, 0.3) is 0 Å². The number of carbonyl (C=O) groups excluding carboxylic acids is 4. The summed E-state index contributed by atoms with van der Waals surface area (Å²) in [5, 5.41) is 63.3. The van der Waals surface area contributed by atoms with E-state index in [0.717, 1.165) is 130 Å². The van der Waals surface area contributed by atoms with Crippen molar-refractivity contribution in [3.05, 3.63) is 258 Å². The molecule has 0 aliphatic heterocycles. The quantitative estimate of drug-likeness (QED) is 0.0169. The van der Waals surface area contributed by atoms with Gasteiger partial charge >= 0.3 is 23.9 Å². The van der Waals surface area contributed by atoms with E-state index >= 15 is 0 Å². The van der Waals surface area contributed by atoms with Crippen molar-refractivity contribution in [3.8, 4) is 23.0 Å². The maximum Gasteiger partial charge on any atom is 0.335 e. The van der Waals surface area contributed by atoms with Gasteiger partial charge in [-0.3, -0.25) is 19.2 Å². The van der Waals surface area contributed by atoms with E-state index in [2.05, 4.69) is 121 Å². The van der Waals surface area contributed by atoms with Gasteiger partial charge in [-0.05, 0) is 262 Å². The zero-order chi connectivity index (χ0) is 97.5. The van der Waals surface area contributed by atoms with Crippen LogP contribution in [0.3, 0.4) is 0 Å². The first kappa shape index (κ1) is 109. The summed E-state index contributed by atoms with van der Waals surface area (Å²) in [7, 11) is 1.31. The van der Waals surface area contributed by atoms with Crippen LogP contribution in [0.4, 0.5) is 0 Å². The molecular formula is C109H150N2O18. The lowest BCUT2D eigenvalue weighted by Crippen LogP contribution is -2.50. The second kappa shape index (κ2) is 46.2. The van der Waals surface area contributed by atoms with E-state index < -0.39 is 59.7 Å². The van der Waals surface area contributed by atoms with Crippen LogP contribution in [0, 0.1) is 63.2 Å². The summed E-state index contributed by atoms with van der Waals surface area (Å²) in [5.74, 6) is -1.02. The van der Waals surface area contributed by atoms with Crippen molar-refractivity contribution in [1.82, 2.24) is 10.6 Å². The smallest absolute Gasteiger partial charge is 0.335 e. The Morgan fingerprint density at radius 3 is 0.814 bits per heavy atom. The zero-order valence-corrected chi connectivity index (χ0v) is 82.5. The molecule has 0 bridgehead atoms. The van der Waals surface area contributed by atoms with Gasteiger partial charge in [0.05, 0.1) is 36.5 Å². The highest BCUT2D eigenvalue weighted by Crippen LogP contribution is 2.46. The van der Waals surface area contributed by atoms with E-state index in [1.54, 1.807) is 44.2 Å². The molecule has 0 aliphatic rings. The molecule has 0 fully saturated rings. The van der Waals surface area contributed by atoms with E-state index in [4.69, 9.17) is 28.8 Å². The number of aliphatic hydroxyl groups excluding tert-OH is 3. The predicted octanol–water partition coefficient (Wildman–Crippen LogP) is 22.3. The van der Waals surface area contributed by atoms with Gasteiger partial charge in [0.25, 0.3) is 11.8 Å². The van der Waals surface area contributed by atoms with Crippen molar-refractivity contribution >= 4 is 41.5 Å². The van der Waals surface area contributed by atoms with Gasteiger partial charge in [-0.25, -0.2) is 14.4 Å². The highest BCUT2D eigenvalue weighted by molar-refractivity contribution is 5.99. The summed E-state index contributed by atoms with van der Waals surface area (Å²) in [4.78, 5) is 82.7. The van der Waals surface area contributed by atoms with Crippen molar-refractivity contribution < 1.29 is 87.9 Å². The SMILES string of the molecule is CCC(CC)(c1ccc(C(=O)O)cc1)c1ccc(OCC(=O)C(C)(C)C)c(C)c1.CCC(CC)(c1ccc(C(=O)O)cc1)c1ccc(OCC(O)C(C)(C)C)c(C)c1.CCC(CC)(c1ccc(OCC(O)C(C)(C)C)c(C)c1)c1ccc(C(=O)NC(C)(C)C(=O)OC)c(C)c1.CCC(CC)(c1ccc(OCC(O)C(C)(C)C)c(C)c1)c1ccc(C(=O)NCC(=O)O)c(C)c1. The van der Waals surface area contributed by atoms with Crippen LogP contribution in [0.5, 0.6) is 23.0 Å². The topological polar surface area (TPSA) is 311 Å². The fraction of sp³-hybridized carbons (Fsp3) is 0.495. The zero-order valence-electron chi connectivity index (χ0n) is 82.5. The van der Waals surface area contributed by atoms with Crippen LogP contribution >= 0.6 is 0 Å². The molecule has 8 N–H and O–H groups in total. The number of hydrogen-bond acceptors (Lipinski definition) is 15. The van der Waals surface area contributed by atoms with Gasteiger partial charge < -0.3 is 65.0 Å². The van der Waals surface area contributed by atoms with E-state index in [1.807, 2.05) is 197 Å². The molecule has 0 saturated heterocycles. The molecule has 0 aromatic heterocycles. The molecule has 3 atom stereocenters. The number of carboxylic acids is 3. The third-order valence-electron chi connectivity index (χ3n) is 26.1. The highest BCUT2D eigenvalue weighted by Gasteiger charge is 2.39. The molecule has 8 rings (SSSR count). The number of aromatic carboxylic acids is 2. The van der Waals surface area contributed by atoms with Crippen molar-refractivity contribution in [2.75, 3.05) is 40.1 Å². The second-order valence-corrected chi connectivity index (χ2v) is 39.1. The Hall–Kier alpha value is -10.7. The number of esters is 1. The fourth-order valence-electron chi connectivity index (χ4n) is 16.2. The number of aryl methyl sites for hydroxylation is 6. The number of aliphatic carboxylic acids is 1. The third-order valence-corrected chi connectivity index (χ3v) is 26.1. The Kier molecular flexibility index (Phi) is 39.0. The average Bonchev–Trinajstić information content (AvgIpc) is 0.775.